The molecule has 5 heteroatoms. The van der Waals surface area contributed by atoms with Gasteiger partial charge in [-0.1, -0.05) is 0 Å². The van der Waals surface area contributed by atoms with Gasteiger partial charge in [-0.05, 0) is 35.9 Å². The van der Waals surface area contributed by atoms with Gasteiger partial charge in [-0.2, -0.15) is 0 Å². The van der Waals surface area contributed by atoms with E-state index in [0.717, 1.165) is 31.0 Å². The normalized spacial score (nSPS) is 13.5. The van der Waals surface area contributed by atoms with E-state index < -0.39 is 5.97 Å². The number of carboxylic acids is 1. The van der Waals surface area contributed by atoms with Crippen molar-refractivity contribution in [3.8, 4) is 0 Å². The average molecular weight is 269 g/mol. The van der Waals surface area contributed by atoms with Gasteiger partial charge in [0.15, 0.2) is 0 Å². The van der Waals surface area contributed by atoms with Crippen LogP contribution < -0.4 is 10.2 Å². The van der Waals surface area contributed by atoms with E-state index in [4.69, 9.17) is 5.11 Å². The first-order valence-electron chi connectivity index (χ1n) is 6.49. The van der Waals surface area contributed by atoms with Crippen molar-refractivity contribution in [1.29, 1.82) is 0 Å². The maximum atomic E-state index is 11.0. The van der Waals surface area contributed by atoms with Gasteiger partial charge in [0, 0.05) is 32.0 Å². The fourth-order valence-corrected chi connectivity index (χ4v) is 2.41. The molecule has 0 amide bonds. The molecule has 0 bridgehead atoms. The van der Waals surface area contributed by atoms with Gasteiger partial charge in [-0.15, -0.1) is 0 Å². The molecule has 0 fully saturated rings. The highest BCUT2D eigenvalue weighted by molar-refractivity contribution is 5.91. The van der Waals surface area contributed by atoms with E-state index in [-0.39, 0.29) is 0 Å². The molecule has 0 aliphatic carbocycles. The Morgan fingerprint density at radius 3 is 2.85 bits per heavy atom. The molecule has 0 saturated heterocycles. The standard InChI is InChI=1S/C15H15N3O2/c19-15(20)12-1-2-14-13(9-12)17-7-8-18(14)10-11-3-5-16-6-4-11/h1-6,9,17H,7-8,10H2,(H,19,20). The Bertz CT molecular complexity index is 628. The third-order valence-electron chi connectivity index (χ3n) is 3.40. The molecule has 1 aliphatic rings. The number of hydrogen-bond acceptors (Lipinski definition) is 4. The molecule has 0 atom stereocenters. The van der Waals surface area contributed by atoms with Crippen molar-refractivity contribution in [2.45, 2.75) is 6.54 Å². The largest absolute Gasteiger partial charge is 0.478 e. The molecule has 0 saturated carbocycles. The van der Waals surface area contributed by atoms with Gasteiger partial charge < -0.3 is 15.3 Å². The van der Waals surface area contributed by atoms with E-state index in [1.54, 1.807) is 24.5 Å². The highest BCUT2D eigenvalue weighted by Crippen LogP contribution is 2.31. The molecule has 2 aromatic rings. The number of benzene rings is 1. The summed E-state index contributed by atoms with van der Waals surface area (Å²) in [5.41, 5.74) is 3.42. The van der Waals surface area contributed by atoms with Crippen LogP contribution >= 0.6 is 0 Å². The smallest absolute Gasteiger partial charge is 0.335 e. The van der Waals surface area contributed by atoms with E-state index >= 15 is 0 Å². The van der Waals surface area contributed by atoms with Crippen molar-refractivity contribution in [2.75, 3.05) is 23.3 Å². The summed E-state index contributed by atoms with van der Waals surface area (Å²) in [5.74, 6) is -0.902. The fourth-order valence-electron chi connectivity index (χ4n) is 2.41. The number of aromatic carboxylic acids is 1. The van der Waals surface area contributed by atoms with Crippen molar-refractivity contribution in [1.82, 2.24) is 4.98 Å². The third kappa shape index (κ3) is 2.42. The van der Waals surface area contributed by atoms with Crippen LogP contribution in [0.1, 0.15) is 15.9 Å². The summed E-state index contributed by atoms with van der Waals surface area (Å²) >= 11 is 0. The van der Waals surface area contributed by atoms with Gasteiger partial charge in [0.1, 0.15) is 0 Å². The predicted molar refractivity (Wildman–Crippen MR) is 77.2 cm³/mol. The molecule has 0 radical (unpaired) electrons. The van der Waals surface area contributed by atoms with Crippen LogP contribution in [0.4, 0.5) is 11.4 Å². The lowest BCUT2D eigenvalue weighted by Gasteiger charge is -2.32. The van der Waals surface area contributed by atoms with Gasteiger partial charge in [0.2, 0.25) is 0 Å². The molecule has 20 heavy (non-hydrogen) atoms. The minimum atomic E-state index is -0.902. The Kier molecular flexibility index (Phi) is 3.25. The number of nitrogens with zero attached hydrogens (tertiary/aromatic N) is 2. The van der Waals surface area contributed by atoms with E-state index in [1.165, 1.54) is 5.56 Å². The van der Waals surface area contributed by atoms with E-state index in [9.17, 15) is 4.79 Å². The van der Waals surface area contributed by atoms with Crippen LogP contribution in [-0.4, -0.2) is 29.1 Å². The number of hydrogen-bond donors (Lipinski definition) is 2. The van der Waals surface area contributed by atoms with Crippen LogP contribution in [0, 0.1) is 0 Å². The maximum Gasteiger partial charge on any atom is 0.335 e. The molecule has 5 nitrogen and oxygen atoms in total. The Balaban J connectivity index is 1.88. The molecule has 0 unspecified atom stereocenters. The van der Waals surface area contributed by atoms with Gasteiger partial charge in [0.25, 0.3) is 0 Å². The van der Waals surface area contributed by atoms with Crippen molar-refractivity contribution >= 4 is 17.3 Å². The number of rotatable bonds is 3. The summed E-state index contributed by atoms with van der Waals surface area (Å²) in [6, 6.07) is 9.19. The Morgan fingerprint density at radius 1 is 1.30 bits per heavy atom. The van der Waals surface area contributed by atoms with Crippen molar-refractivity contribution < 1.29 is 9.90 Å². The number of anilines is 2. The summed E-state index contributed by atoms with van der Waals surface area (Å²) in [5, 5.41) is 12.3. The van der Waals surface area contributed by atoms with Crippen LogP contribution in [0.5, 0.6) is 0 Å². The summed E-state index contributed by atoms with van der Waals surface area (Å²) in [6.07, 6.45) is 3.57. The predicted octanol–water partition coefficient (Wildman–Crippen LogP) is 2.21. The van der Waals surface area contributed by atoms with Crippen LogP contribution in [-0.2, 0) is 6.54 Å². The molecule has 0 spiro atoms. The first kappa shape index (κ1) is 12.5. The average Bonchev–Trinajstić information content (AvgIpc) is 2.48. The van der Waals surface area contributed by atoms with Crippen LogP contribution in [0.3, 0.4) is 0 Å². The van der Waals surface area contributed by atoms with Crippen molar-refractivity contribution in [2.24, 2.45) is 0 Å². The van der Waals surface area contributed by atoms with E-state index in [0.29, 0.717) is 5.56 Å². The van der Waals surface area contributed by atoms with Gasteiger partial charge in [-0.3, -0.25) is 4.98 Å². The molecule has 1 aromatic heterocycles. The molecule has 1 aromatic carbocycles. The molecule has 2 heterocycles. The second-order valence-electron chi connectivity index (χ2n) is 4.74. The number of carbonyl (C=O) groups is 1. The molecular weight excluding hydrogens is 254 g/mol. The Labute approximate surface area is 116 Å². The van der Waals surface area contributed by atoms with Gasteiger partial charge >= 0.3 is 5.97 Å². The number of aromatic nitrogens is 1. The SMILES string of the molecule is O=C(O)c1ccc2c(c1)NCCN2Cc1ccncc1. The maximum absolute atomic E-state index is 11.0. The summed E-state index contributed by atoms with van der Waals surface area (Å²) in [6.45, 7) is 2.49. The zero-order valence-corrected chi connectivity index (χ0v) is 10.9. The van der Waals surface area contributed by atoms with Crippen molar-refractivity contribution in [3.63, 3.8) is 0 Å². The molecule has 2 N–H and O–H groups in total. The molecule has 102 valence electrons. The number of nitrogens with one attached hydrogen (secondary N) is 1. The number of pyridine rings is 1. The van der Waals surface area contributed by atoms with Crippen LogP contribution in [0.2, 0.25) is 0 Å². The zero-order chi connectivity index (χ0) is 13.9. The summed E-state index contributed by atoms with van der Waals surface area (Å²) in [7, 11) is 0. The Morgan fingerprint density at radius 2 is 2.10 bits per heavy atom. The second-order valence-corrected chi connectivity index (χ2v) is 4.74. The second kappa shape index (κ2) is 5.21. The lowest BCUT2D eigenvalue weighted by Crippen LogP contribution is -2.33. The van der Waals surface area contributed by atoms with E-state index in [1.807, 2.05) is 18.2 Å². The first-order valence-corrected chi connectivity index (χ1v) is 6.49. The van der Waals surface area contributed by atoms with Crippen molar-refractivity contribution in [3.05, 3.63) is 53.9 Å². The summed E-state index contributed by atoms with van der Waals surface area (Å²) < 4.78 is 0. The highest BCUT2D eigenvalue weighted by atomic mass is 16.4. The first-order chi connectivity index (χ1) is 9.74. The minimum absolute atomic E-state index is 0.307. The number of fused-ring (bicyclic) bond motifs is 1. The third-order valence-corrected chi connectivity index (χ3v) is 3.40. The Hall–Kier alpha value is -2.56. The summed E-state index contributed by atoms with van der Waals surface area (Å²) in [4.78, 5) is 17.3. The fraction of sp³-hybridized carbons (Fsp3) is 0.200. The molecule has 3 rings (SSSR count). The molecule has 1 aliphatic heterocycles. The molecular formula is C15H15N3O2. The highest BCUT2D eigenvalue weighted by Gasteiger charge is 2.18. The lowest BCUT2D eigenvalue weighted by atomic mass is 10.1. The lowest BCUT2D eigenvalue weighted by molar-refractivity contribution is 0.0697. The van der Waals surface area contributed by atoms with Gasteiger partial charge in [-0.25, -0.2) is 4.79 Å². The minimum Gasteiger partial charge on any atom is -0.478 e. The van der Waals surface area contributed by atoms with Crippen LogP contribution in [0.15, 0.2) is 42.7 Å². The van der Waals surface area contributed by atoms with Crippen LogP contribution in [0.25, 0.3) is 0 Å². The van der Waals surface area contributed by atoms with E-state index in [2.05, 4.69) is 15.2 Å². The quantitative estimate of drug-likeness (QED) is 0.894. The zero-order valence-electron chi connectivity index (χ0n) is 10.9. The number of carboxylic acid groups (broad SMARTS) is 1. The topological polar surface area (TPSA) is 65.5 Å². The monoisotopic (exact) mass is 269 g/mol. The van der Waals surface area contributed by atoms with Gasteiger partial charge in [0.05, 0.1) is 16.9 Å².